The lowest BCUT2D eigenvalue weighted by molar-refractivity contribution is 0.279. The molecule has 0 aromatic carbocycles. The molecule has 2 nitrogen and oxygen atoms in total. The van der Waals surface area contributed by atoms with Gasteiger partial charge < -0.3 is 0 Å². The Morgan fingerprint density at radius 1 is 1.15 bits per heavy atom. The van der Waals surface area contributed by atoms with E-state index in [2.05, 4.69) is 13.8 Å². The van der Waals surface area contributed by atoms with Gasteiger partial charge in [-0.05, 0) is 24.7 Å². The van der Waals surface area contributed by atoms with E-state index in [9.17, 15) is 8.42 Å². The van der Waals surface area contributed by atoms with Crippen molar-refractivity contribution in [1.82, 2.24) is 0 Å². The van der Waals surface area contributed by atoms with Gasteiger partial charge in [0.25, 0.3) is 0 Å². The SMILES string of the molecule is CC(C)CC(C)(C)C(C)S(C)(=O)=O. The van der Waals surface area contributed by atoms with Crippen LogP contribution in [0.4, 0.5) is 0 Å². The standard InChI is InChI=1S/C10H22O2S/c1-8(2)7-10(4,5)9(3)13(6,11)12/h8-9H,7H2,1-6H3. The lowest BCUT2D eigenvalue weighted by Gasteiger charge is -2.32. The third kappa shape index (κ3) is 4.12. The van der Waals surface area contributed by atoms with Crippen LogP contribution in [0, 0.1) is 11.3 Å². The highest BCUT2D eigenvalue weighted by Gasteiger charge is 2.33. The van der Waals surface area contributed by atoms with Crippen LogP contribution in [0.1, 0.15) is 41.0 Å². The van der Waals surface area contributed by atoms with Crippen LogP contribution in [0.25, 0.3) is 0 Å². The highest BCUT2D eigenvalue weighted by atomic mass is 32.2. The molecule has 13 heavy (non-hydrogen) atoms. The van der Waals surface area contributed by atoms with Gasteiger partial charge in [-0.25, -0.2) is 8.42 Å². The van der Waals surface area contributed by atoms with Crippen LogP contribution in [0.2, 0.25) is 0 Å². The molecule has 0 aromatic rings. The number of sulfone groups is 1. The van der Waals surface area contributed by atoms with Gasteiger partial charge in [0, 0.05) is 6.26 Å². The third-order valence-corrected chi connectivity index (χ3v) is 4.60. The molecule has 0 rings (SSSR count). The zero-order chi connectivity index (χ0) is 10.9. The maximum Gasteiger partial charge on any atom is 0.150 e. The molecule has 0 N–H and O–H groups in total. The fourth-order valence-corrected chi connectivity index (χ4v) is 3.05. The highest BCUT2D eigenvalue weighted by Crippen LogP contribution is 2.32. The number of rotatable bonds is 4. The van der Waals surface area contributed by atoms with Crippen molar-refractivity contribution in [2.75, 3.05) is 6.26 Å². The molecule has 0 heterocycles. The fourth-order valence-electron chi connectivity index (χ4n) is 1.80. The molecule has 0 aliphatic rings. The van der Waals surface area contributed by atoms with Crippen molar-refractivity contribution in [2.45, 2.75) is 46.3 Å². The molecule has 0 aliphatic heterocycles. The van der Waals surface area contributed by atoms with Crippen molar-refractivity contribution in [3.8, 4) is 0 Å². The van der Waals surface area contributed by atoms with E-state index in [1.165, 1.54) is 6.26 Å². The summed E-state index contributed by atoms with van der Waals surface area (Å²) in [6.45, 7) is 10.1. The summed E-state index contributed by atoms with van der Waals surface area (Å²) < 4.78 is 22.7. The predicted molar refractivity (Wildman–Crippen MR) is 57.5 cm³/mol. The van der Waals surface area contributed by atoms with Gasteiger partial charge in [-0.2, -0.15) is 0 Å². The molecule has 3 heteroatoms. The van der Waals surface area contributed by atoms with Crippen molar-refractivity contribution in [3.63, 3.8) is 0 Å². The summed E-state index contributed by atoms with van der Waals surface area (Å²) in [6, 6.07) is 0. The van der Waals surface area contributed by atoms with E-state index in [0.717, 1.165) is 6.42 Å². The minimum atomic E-state index is -2.91. The Morgan fingerprint density at radius 3 is 1.77 bits per heavy atom. The molecule has 0 aliphatic carbocycles. The summed E-state index contributed by atoms with van der Waals surface area (Å²) >= 11 is 0. The first-order valence-electron chi connectivity index (χ1n) is 4.76. The van der Waals surface area contributed by atoms with Gasteiger partial charge in [-0.1, -0.05) is 27.7 Å². The van der Waals surface area contributed by atoms with E-state index in [4.69, 9.17) is 0 Å². The molecule has 0 aromatic heterocycles. The quantitative estimate of drug-likeness (QED) is 0.708. The van der Waals surface area contributed by atoms with Gasteiger partial charge in [0.1, 0.15) is 0 Å². The van der Waals surface area contributed by atoms with E-state index < -0.39 is 9.84 Å². The Labute approximate surface area is 82.6 Å². The van der Waals surface area contributed by atoms with Gasteiger partial charge in [0.05, 0.1) is 5.25 Å². The van der Waals surface area contributed by atoms with Gasteiger partial charge in [-0.3, -0.25) is 0 Å². The Morgan fingerprint density at radius 2 is 1.54 bits per heavy atom. The van der Waals surface area contributed by atoms with Crippen LogP contribution in [0.3, 0.4) is 0 Å². The van der Waals surface area contributed by atoms with Gasteiger partial charge in [0.15, 0.2) is 9.84 Å². The first-order chi connectivity index (χ1) is 5.57. The van der Waals surface area contributed by atoms with Crippen LogP contribution in [-0.4, -0.2) is 19.9 Å². The van der Waals surface area contributed by atoms with Crippen molar-refractivity contribution in [3.05, 3.63) is 0 Å². The molecule has 0 spiro atoms. The Balaban J connectivity index is 4.64. The molecule has 0 bridgehead atoms. The minimum Gasteiger partial charge on any atom is -0.229 e. The van der Waals surface area contributed by atoms with Crippen LogP contribution < -0.4 is 0 Å². The second kappa shape index (κ2) is 3.99. The molecule has 1 atom stereocenters. The van der Waals surface area contributed by atoms with E-state index in [-0.39, 0.29) is 10.7 Å². The highest BCUT2D eigenvalue weighted by molar-refractivity contribution is 7.91. The average Bonchev–Trinajstić information content (AvgIpc) is 1.80. The smallest absolute Gasteiger partial charge is 0.150 e. The summed E-state index contributed by atoms with van der Waals surface area (Å²) in [5, 5.41) is -0.262. The summed E-state index contributed by atoms with van der Waals surface area (Å²) in [5.41, 5.74) is -0.123. The van der Waals surface area contributed by atoms with Crippen molar-refractivity contribution < 1.29 is 8.42 Å². The first-order valence-corrected chi connectivity index (χ1v) is 6.71. The van der Waals surface area contributed by atoms with Crippen LogP contribution >= 0.6 is 0 Å². The second-order valence-corrected chi connectivity index (χ2v) is 7.42. The first kappa shape index (κ1) is 12.9. The van der Waals surface area contributed by atoms with Gasteiger partial charge >= 0.3 is 0 Å². The summed E-state index contributed by atoms with van der Waals surface area (Å²) in [5.74, 6) is 0.541. The van der Waals surface area contributed by atoms with Crippen molar-refractivity contribution >= 4 is 9.84 Å². The predicted octanol–water partition coefficient (Wildman–Crippen LogP) is 2.49. The topological polar surface area (TPSA) is 34.1 Å². The van der Waals surface area contributed by atoms with Gasteiger partial charge in [0.2, 0.25) is 0 Å². The molecule has 1 unspecified atom stereocenters. The molecule has 0 saturated carbocycles. The maximum atomic E-state index is 11.4. The van der Waals surface area contributed by atoms with Crippen LogP contribution in [0.15, 0.2) is 0 Å². The van der Waals surface area contributed by atoms with Crippen LogP contribution in [-0.2, 0) is 9.84 Å². The Bertz CT molecular complexity index is 250. The summed E-state index contributed by atoms with van der Waals surface area (Å²) in [7, 11) is -2.91. The molecule has 0 fully saturated rings. The largest absolute Gasteiger partial charge is 0.229 e. The summed E-state index contributed by atoms with van der Waals surface area (Å²) in [4.78, 5) is 0. The van der Waals surface area contributed by atoms with E-state index >= 15 is 0 Å². The fraction of sp³-hybridized carbons (Fsp3) is 1.00. The van der Waals surface area contributed by atoms with Crippen LogP contribution in [0.5, 0.6) is 0 Å². The van der Waals surface area contributed by atoms with E-state index in [1.54, 1.807) is 6.92 Å². The van der Waals surface area contributed by atoms with Crippen molar-refractivity contribution in [1.29, 1.82) is 0 Å². The molecular weight excluding hydrogens is 184 g/mol. The average molecular weight is 206 g/mol. The minimum absolute atomic E-state index is 0.123. The lowest BCUT2D eigenvalue weighted by Crippen LogP contribution is -2.34. The monoisotopic (exact) mass is 206 g/mol. The number of hydrogen-bond donors (Lipinski definition) is 0. The third-order valence-electron chi connectivity index (χ3n) is 2.68. The Hall–Kier alpha value is -0.0500. The number of hydrogen-bond acceptors (Lipinski definition) is 2. The molecule has 80 valence electrons. The van der Waals surface area contributed by atoms with Crippen molar-refractivity contribution in [2.24, 2.45) is 11.3 Å². The van der Waals surface area contributed by atoms with E-state index in [1.807, 2.05) is 13.8 Å². The zero-order valence-corrected chi connectivity index (χ0v) is 10.4. The Kier molecular flexibility index (Phi) is 3.97. The molecule has 0 saturated heterocycles. The molecule has 0 amide bonds. The maximum absolute atomic E-state index is 11.4. The zero-order valence-electron chi connectivity index (χ0n) is 9.59. The molecule has 0 radical (unpaired) electrons. The summed E-state index contributed by atoms with van der Waals surface area (Å²) in [6.07, 6.45) is 2.26. The second-order valence-electron chi connectivity index (χ2n) is 5.06. The molecular formula is C10H22O2S. The lowest BCUT2D eigenvalue weighted by atomic mass is 9.81. The normalized spacial score (nSPS) is 16.2. The van der Waals surface area contributed by atoms with E-state index in [0.29, 0.717) is 5.92 Å². The van der Waals surface area contributed by atoms with Gasteiger partial charge in [-0.15, -0.1) is 0 Å².